The zero-order valence-electron chi connectivity index (χ0n) is 17.0. The monoisotopic (exact) mass is 455 g/mol. The molecule has 0 saturated heterocycles. The first kappa shape index (κ1) is 20.1. The highest BCUT2D eigenvalue weighted by Gasteiger charge is 2.23. The van der Waals surface area contributed by atoms with E-state index in [1.165, 1.54) is 28.6 Å². The highest BCUT2D eigenvalue weighted by atomic mass is 32.2. The summed E-state index contributed by atoms with van der Waals surface area (Å²) in [7, 11) is 0. The summed E-state index contributed by atoms with van der Waals surface area (Å²) in [5, 5.41) is 11.1. The number of thioether (sulfide) groups is 1. The van der Waals surface area contributed by atoms with Crippen molar-refractivity contribution in [3.8, 4) is 10.8 Å². The number of hydrogen-bond donors (Lipinski definition) is 3. The van der Waals surface area contributed by atoms with Gasteiger partial charge < -0.3 is 19.7 Å². The normalized spacial score (nSPS) is 16.9. The van der Waals surface area contributed by atoms with Gasteiger partial charge in [0.05, 0.1) is 21.2 Å². The number of aryl methyl sites for hydroxylation is 1. The third-order valence-electron chi connectivity index (χ3n) is 5.38. The maximum Gasteiger partial charge on any atom is 0.323 e. The van der Waals surface area contributed by atoms with Gasteiger partial charge >= 0.3 is 5.69 Å². The van der Waals surface area contributed by atoms with Crippen LogP contribution in [0.3, 0.4) is 0 Å². The SMILES string of the molecule is CC1CCc2sc(-c3nnc(SC(C)C(=O)Nc4ccc5[nH]c(=O)[nH]c5c4)o3)cc2C1. The summed E-state index contributed by atoms with van der Waals surface area (Å²) in [6.07, 6.45) is 3.43. The van der Waals surface area contributed by atoms with Crippen LogP contribution < -0.4 is 11.0 Å². The van der Waals surface area contributed by atoms with Crippen molar-refractivity contribution >= 4 is 45.7 Å². The highest BCUT2D eigenvalue weighted by molar-refractivity contribution is 8.00. The number of carbonyl (C=O) groups is 1. The number of fused-ring (bicyclic) bond motifs is 2. The Balaban J connectivity index is 1.25. The Morgan fingerprint density at radius 3 is 3.00 bits per heavy atom. The molecule has 2 atom stereocenters. The molecule has 3 N–H and O–H groups in total. The number of hydrogen-bond acceptors (Lipinski definition) is 7. The fourth-order valence-corrected chi connectivity index (χ4v) is 5.54. The van der Waals surface area contributed by atoms with Gasteiger partial charge in [0, 0.05) is 10.6 Å². The molecule has 31 heavy (non-hydrogen) atoms. The van der Waals surface area contributed by atoms with Crippen molar-refractivity contribution in [2.45, 2.75) is 43.6 Å². The quantitative estimate of drug-likeness (QED) is 0.388. The second-order valence-electron chi connectivity index (χ2n) is 7.87. The smallest absolute Gasteiger partial charge is 0.323 e. The molecule has 1 aliphatic rings. The molecule has 3 heterocycles. The number of aromatic amines is 2. The number of thiophene rings is 1. The molecule has 0 fully saturated rings. The second-order valence-corrected chi connectivity index (χ2v) is 10.3. The molecular formula is C21H21N5O3S2. The molecule has 8 nitrogen and oxygen atoms in total. The Hall–Kier alpha value is -2.85. The second kappa shape index (κ2) is 8.01. The lowest BCUT2D eigenvalue weighted by molar-refractivity contribution is -0.115. The van der Waals surface area contributed by atoms with Gasteiger partial charge in [0.1, 0.15) is 0 Å². The maximum absolute atomic E-state index is 12.6. The fraction of sp³-hybridized carbons (Fsp3) is 0.333. The molecule has 1 aromatic carbocycles. The molecule has 10 heteroatoms. The molecule has 1 aliphatic carbocycles. The molecule has 0 aliphatic heterocycles. The third kappa shape index (κ3) is 4.17. The van der Waals surface area contributed by atoms with Crippen LogP contribution in [-0.4, -0.2) is 31.3 Å². The lowest BCUT2D eigenvalue weighted by Gasteiger charge is -2.16. The number of nitrogens with zero attached hydrogens (tertiary/aromatic N) is 2. The maximum atomic E-state index is 12.6. The molecule has 5 rings (SSSR count). The van der Waals surface area contributed by atoms with Crippen LogP contribution in [0.15, 0.2) is 38.7 Å². The van der Waals surface area contributed by atoms with Gasteiger partial charge in [-0.2, -0.15) is 0 Å². The van der Waals surface area contributed by atoms with E-state index in [-0.39, 0.29) is 11.6 Å². The van der Waals surface area contributed by atoms with Crippen LogP contribution in [0.2, 0.25) is 0 Å². The molecule has 1 amide bonds. The van der Waals surface area contributed by atoms with Gasteiger partial charge in [-0.05, 0) is 61.9 Å². The summed E-state index contributed by atoms with van der Waals surface area (Å²) >= 11 is 2.94. The van der Waals surface area contributed by atoms with E-state index in [1.54, 1.807) is 36.5 Å². The number of benzene rings is 1. The van der Waals surface area contributed by atoms with Gasteiger partial charge in [0.15, 0.2) is 0 Å². The van der Waals surface area contributed by atoms with E-state index in [4.69, 9.17) is 4.42 Å². The number of anilines is 1. The minimum Gasteiger partial charge on any atom is -0.410 e. The van der Waals surface area contributed by atoms with Crippen LogP contribution in [0.4, 0.5) is 5.69 Å². The van der Waals surface area contributed by atoms with Crippen LogP contribution in [0.5, 0.6) is 0 Å². The average Bonchev–Trinajstić information content (AvgIpc) is 3.44. The summed E-state index contributed by atoms with van der Waals surface area (Å²) < 4.78 is 5.83. The molecule has 3 aromatic heterocycles. The largest absolute Gasteiger partial charge is 0.410 e. The Labute approximate surface area is 185 Å². The number of carbonyl (C=O) groups excluding carboxylic acids is 1. The first-order valence-electron chi connectivity index (χ1n) is 10.1. The fourth-order valence-electron chi connectivity index (χ4n) is 3.73. The van der Waals surface area contributed by atoms with E-state index >= 15 is 0 Å². The van der Waals surface area contributed by atoms with Crippen molar-refractivity contribution in [3.63, 3.8) is 0 Å². The van der Waals surface area contributed by atoms with E-state index in [1.807, 2.05) is 0 Å². The zero-order chi connectivity index (χ0) is 21.5. The minimum atomic E-state index is -0.438. The average molecular weight is 456 g/mol. The van der Waals surface area contributed by atoms with Crippen LogP contribution in [0.1, 0.15) is 30.7 Å². The lowest BCUT2D eigenvalue weighted by Crippen LogP contribution is -2.22. The van der Waals surface area contributed by atoms with Crippen molar-refractivity contribution in [3.05, 3.63) is 45.2 Å². The molecule has 0 radical (unpaired) electrons. The van der Waals surface area contributed by atoms with Gasteiger partial charge in [-0.1, -0.05) is 18.7 Å². The van der Waals surface area contributed by atoms with Crippen molar-refractivity contribution < 1.29 is 9.21 Å². The Bertz CT molecular complexity index is 1320. The van der Waals surface area contributed by atoms with E-state index in [2.05, 4.69) is 38.5 Å². The van der Waals surface area contributed by atoms with Crippen LogP contribution in [0.25, 0.3) is 21.8 Å². The lowest BCUT2D eigenvalue weighted by atomic mass is 9.90. The number of rotatable bonds is 5. The molecule has 160 valence electrons. The van der Waals surface area contributed by atoms with Gasteiger partial charge in [0.2, 0.25) is 5.91 Å². The highest BCUT2D eigenvalue weighted by Crippen LogP contribution is 2.37. The minimum absolute atomic E-state index is 0.192. The molecule has 2 unspecified atom stereocenters. The van der Waals surface area contributed by atoms with Crippen molar-refractivity contribution in [2.75, 3.05) is 5.32 Å². The molecule has 4 aromatic rings. The van der Waals surface area contributed by atoms with Crippen molar-refractivity contribution in [1.82, 2.24) is 20.2 Å². The number of H-pyrrole nitrogens is 2. The van der Waals surface area contributed by atoms with Crippen molar-refractivity contribution in [2.24, 2.45) is 5.92 Å². The number of nitrogens with one attached hydrogen (secondary N) is 3. The molecule has 0 spiro atoms. The molecular weight excluding hydrogens is 434 g/mol. The Morgan fingerprint density at radius 1 is 1.29 bits per heavy atom. The Morgan fingerprint density at radius 2 is 2.13 bits per heavy atom. The summed E-state index contributed by atoms with van der Waals surface area (Å²) in [4.78, 5) is 31.7. The van der Waals surface area contributed by atoms with Crippen LogP contribution >= 0.6 is 23.1 Å². The molecule has 0 bridgehead atoms. The van der Waals surface area contributed by atoms with Crippen LogP contribution in [0, 0.1) is 5.92 Å². The van der Waals surface area contributed by atoms with Gasteiger partial charge in [-0.15, -0.1) is 21.5 Å². The van der Waals surface area contributed by atoms with E-state index in [0.717, 1.165) is 17.7 Å². The topological polar surface area (TPSA) is 117 Å². The van der Waals surface area contributed by atoms with Crippen molar-refractivity contribution in [1.29, 1.82) is 0 Å². The first-order valence-corrected chi connectivity index (χ1v) is 11.8. The number of imidazole rings is 1. The molecule has 0 saturated carbocycles. The predicted molar refractivity (Wildman–Crippen MR) is 122 cm³/mol. The summed E-state index contributed by atoms with van der Waals surface area (Å²) in [5.41, 5.74) is 3.03. The van der Waals surface area contributed by atoms with Crippen LogP contribution in [-0.2, 0) is 17.6 Å². The summed E-state index contributed by atoms with van der Waals surface area (Å²) in [6.45, 7) is 4.07. The van der Waals surface area contributed by atoms with E-state index in [9.17, 15) is 9.59 Å². The van der Waals surface area contributed by atoms with E-state index in [0.29, 0.717) is 33.8 Å². The zero-order valence-corrected chi connectivity index (χ0v) is 18.7. The number of aromatic nitrogens is 4. The predicted octanol–water partition coefficient (Wildman–Crippen LogP) is 4.21. The standard InChI is InChI=1S/C21H21N5O3S2/c1-10-3-6-16-12(7-10)8-17(31-16)19-25-26-21(29-19)30-11(2)18(27)22-13-4-5-14-15(9-13)24-20(28)23-14/h4-5,8-11H,3,6-7H2,1-2H3,(H,22,27)(H2,23,24,28). The third-order valence-corrected chi connectivity index (χ3v) is 7.54. The Kier molecular flexibility index (Phi) is 5.19. The van der Waals surface area contributed by atoms with E-state index < -0.39 is 5.25 Å². The summed E-state index contributed by atoms with van der Waals surface area (Å²) in [5.74, 6) is 1.02. The summed E-state index contributed by atoms with van der Waals surface area (Å²) in [6, 6.07) is 7.36. The first-order chi connectivity index (χ1) is 14.9. The van der Waals surface area contributed by atoms with Gasteiger partial charge in [-0.3, -0.25) is 4.79 Å². The van der Waals surface area contributed by atoms with Gasteiger partial charge in [0.25, 0.3) is 11.1 Å². The van der Waals surface area contributed by atoms with Gasteiger partial charge in [-0.25, -0.2) is 4.79 Å². The number of amides is 1.